The second-order valence-electron chi connectivity index (χ2n) is 3.87. The van der Waals surface area contributed by atoms with Crippen LogP contribution in [0.5, 0.6) is 0 Å². The Hall–Kier alpha value is -0.740. The monoisotopic (exact) mass is 386 g/mol. The van der Waals surface area contributed by atoms with E-state index in [2.05, 4.69) is 15.9 Å². The van der Waals surface area contributed by atoms with Crippen LogP contribution >= 0.6 is 50.9 Å². The standard InChI is InChI=1S/C15H9BrCl2OS/c16-11-3-1-10(2-4-11)14(19)7-8-20-15-9-12(17)5-6-13(15)18/h1-9H/b8-7+. The molecule has 0 aliphatic carbocycles. The minimum absolute atomic E-state index is 0.0526. The van der Waals surface area contributed by atoms with Gasteiger partial charge in [0.25, 0.3) is 0 Å². The average molecular weight is 388 g/mol. The maximum atomic E-state index is 11.9. The topological polar surface area (TPSA) is 17.1 Å². The van der Waals surface area contributed by atoms with E-state index in [9.17, 15) is 4.79 Å². The Morgan fingerprint density at radius 1 is 1.10 bits per heavy atom. The van der Waals surface area contributed by atoms with Crippen LogP contribution in [0, 0.1) is 0 Å². The number of carbonyl (C=O) groups is 1. The van der Waals surface area contributed by atoms with E-state index in [1.165, 1.54) is 17.8 Å². The number of halogens is 3. The summed E-state index contributed by atoms with van der Waals surface area (Å²) in [5.74, 6) is -0.0526. The lowest BCUT2D eigenvalue weighted by atomic mass is 10.1. The van der Waals surface area contributed by atoms with Crippen LogP contribution in [0.2, 0.25) is 10.0 Å². The first-order chi connectivity index (χ1) is 9.56. The molecule has 0 saturated heterocycles. The molecule has 0 bridgehead atoms. The molecule has 0 aliphatic rings. The van der Waals surface area contributed by atoms with Crippen LogP contribution in [0.3, 0.4) is 0 Å². The molecule has 0 aliphatic heterocycles. The Labute approximate surface area is 140 Å². The van der Waals surface area contributed by atoms with Gasteiger partial charge in [0.1, 0.15) is 0 Å². The Balaban J connectivity index is 2.04. The molecule has 2 rings (SSSR count). The third-order valence-corrected chi connectivity index (χ3v) is 4.51. The SMILES string of the molecule is O=C(/C=C/Sc1cc(Cl)ccc1Cl)c1ccc(Br)cc1. The molecule has 0 atom stereocenters. The van der Waals surface area contributed by atoms with Gasteiger partial charge in [0, 0.05) is 20.0 Å². The zero-order chi connectivity index (χ0) is 14.5. The summed E-state index contributed by atoms with van der Waals surface area (Å²) in [5.41, 5.74) is 0.641. The van der Waals surface area contributed by atoms with Crippen LogP contribution in [0.25, 0.3) is 0 Å². The van der Waals surface area contributed by atoms with Crippen LogP contribution in [0.15, 0.2) is 63.3 Å². The number of rotatable bonds is 4. The summed E-state index contributed by atoms with van der Waals surface area (Å²) < 4.78 is 0.943. The number of ketones is 1. The van der Waals surface area contributed by atoms with Crippen molar-refractivity contribution in [3.8, 4) is 0 Å². The largest absolute Gasteiger partial charge is 0.289 e. The smallest absolute Gasteiger partial charge is 0.186 e. The van der Waals surface area contributed by atoms with E-state index in [4.69, 9.17) is 23.2 Å². The Bertz CT molecular complexity index is 653. The van der Waals surface area contributed by atoms with Crippen LogP contribution in [-0.2, 0) is 0 Å². The van der Waals surface area contributed by atoms with Crippen LogP contribution in [0.1, 0.15) is 10.4 Å². The highest BCUT2D eigenvalue weighted by Gasteiger charge is 2.03. The third kappa shape index (κ3) is 4.38. The van der Waals surface area contributed by atoms with Crippen molar-refractivity contribution >= 4 is 56.7 Å². The number of benzene rings is 2. The Morgan fingerprint density at radius 2 is 1.80 bits per heavy atom. The van der Waals surface area contributed by atoms with E-state index < -0.39 is 0 Å². The average Bonchev–Trinajstić information content (AvgIpc) is 2.43. The third-order valence-electron chi connectivity index (χ3n) is 2.44. The molecule has 2 aromatic rings. The van der Waals surface area contributed by atoms with Crippen molar-refractivity contribution in [2.24, 2.45) is 0 Å². The molecular weight excluding hydrogens is 379 g/mol. The van der Waals surface area contributed by atoms with Gasteiger partial charge in [-0.2, -0.15) is 0 Å². The van der Waals surface area contributed by atoms with Crippen molar-refractivity contribution in [2.45, 2.75) is 4.90 Å². The van der Waals surface area contributed by atoms with Crippen LogP contribution < -0.4 is 0 Å². The highest BCUT2D eigenvalue weighted by molar-refractivity contribution is 9.10. The van der Waals surface area contributed by atoms with Gasteiger partial charge in [-0.3, -0.25) is 4.79 Å². The second-order valence-corrected chi connectivity index (χ2v) is 6.57. The first kappa shape index (κ1) is 15.6. The Kier molecular flexibility index (Phi) is 5.73. The molecule has 0 N–H and O–H groups in total. The van der Waals surface area contributed by atoms with Gasteiger partial charge in [0.05, 0.1) is 5.02 Å². The van der Waals surface area contributed by atoms with Gasteiger partial charge in [0.2, 0.25) is 0 Å². The normalized spacial score (nSPS) is 10.9. The Morgan fingerprint density at radius 3 is 2.50 bits per heavy atom. The number of allylic oxidation sites excluding steroid dienone is 1. The molecule has 2 aromatic carbocycles. The minimum Gasteiger partial charge on any atom is -0.289 e. The number of thioether (sulfide) groups is 1. The molecule has 0 aromatic heterocycles. The maximum absolute atomic E-state index is 11.9. The van der Waals surface area contributed by atoms with Gasteiger partial charge in [-0.15, -0.1) is 0 Å². The van der Waals surface area contributed by atoms with E-state index in [-0.39, 0.29) is 5.78 Å². The maximum Gasteiger partial charge on any atom is 0.186 e. The molecular formula is C15H9BrCl2OS. The van der Waals surface area contributed by atoms with E-state index in [1.807, 2.05) is 12.1 Å². The summed E-state index contributed by atoms with van der Waals surface area (Å²) in [5, 5.41) is 2.94. The van der Waals surface area contributed by atoms with Crippen molar-refractivity contribution in [2.75, 3.05) is 0 Å². The first-order valence-electron chi connectivity index (χ1n) is 5.64. The zero-order valence-corrected chi connectivity index (χ0v) is 14.1. The lowest BCUT2D eigenvalue weighted by molar-refractivity contribution is 0.104. The van der Waals surface area contributed by atoms with E-state index in [0.717, 1.165) is 9.37 Å². The highest BCUT2D eigenvalue weighted by Crippen LogP contribution is 2.30. The lowest BCUT2D eigenvalue weighted by Gasteiger charge is -2.00. The fourth-order valence-electron chi connectivity index (χ4n) is 1.45. The lowest BCUT2D eigenvalue weighted by Crippen LogP contribution is -1.92. The number of hydrogen-bond donors (Lipinski definition) is 0. The van der Waals surface area contributed by atoms with Gasteiger partial charge in [-0.05, 0) is 53.9 Å². The molecule has 5 heteroatoms. The van der Waals surface area contributed by atoms with Gasteiger partial charge in [-0.1, -0.05) is 50.9 Å². The molecule has 0 radical (unpaired) electrons. The zero-order valence-electron chi connectivity index (χ0n) is 10.1. The van der Waals surface area contributed by atoms with Crippen molar-refractivity contribution in [3.63, 3.8) is 0 Å². The van der Waals surface area contributed by atoms with Crippen molar-refractivity contribution in [1.29, 1.82) is 0 Å². The van der Waals surface area contributed by atoms with Crippen molar-refractivity contribution < 1.29 is 4.79 Å². The van der Waals surface area contributed by atoms with Gasteiger partial charge in [-0.25, -0.2) is 0 Å². The fourth-order valence-corrected chi connectivity index (χ4v) is 2.91. The first-order valence-corrected chi connectivity index (χ1v) is 8.07. The quantitative estimate of drug-likeness (QED) is 0.350. The molecule has 20 heavy (non-hydrogen) atoms. The van der Waals surface area contributed by atoms with Crippen LogP contribution in [-0.4, -0.2) is 5.78 Å². The number of hydrogen-bond acceptors (Lipinski definition) is 2. The van der Waals surface area contributed by atoms with E-state index in [1.54, 1.807) is 35.7 Å². The summed E-state index contributed by atoms with van der Waals surface area (Å²) in [6.45, 7) is 0. The van der Waals surface area contributed by atoms with Gasteiger partial charge < -0.3 is 0 Å². The van der Waals surface area contributed by atoms with E-state index >= 15 is 0 Å². The summed E-state index contributed by atoms with van der Waals surface area (Å²) >= 11 is 16.6. The van der Waals surface area contributed by atoms with Crippen LogP contribution in [0.4, 0.5) is 0 Å². The molecule has 102 valence electrons. The van der Waals surface area contributed by atoms with Gasteiger partial charge >= 0.3 is 0 Å². The number of carbonyl (C=O) groups excluding carboxylic acids is 1. The molecule has 0 saturated carbocycles. The fraction of sp³-hybridized carbons (Fsp3) is 0. The summed E-state index contributed by atoms with van der Waals surface area (Å²) in [7, 11) is 0. The van der Waals surface area contributed by atoms with Gasteiger partial charge in [0.15, 0.2) is 5.78 Å². The summed E-state index contributed by atoms with van der Waals surface area (Å²) in [4.78, 5) is 12.7. The molecule has 1 nitrogen and oxygen atoms in total. The van der Waals surface area contributed by atoms with Crippen molar-refractivity contribution in [1.82, 2.24) is 0 Å². The molecule has 0 fully saturated rings. The predicted molar refractivity (Wildman–Crippen MR) is 89.9 cm³/mol. The molecule has 0 heterocycles. The van der Waals surface area contributed by atoms with Crippen molar-refractivity contribution in [3.05, 3.63) is 74.0 Å². The molecule has 0 spiro atoms. The summed E-state index contributed by atoms with van der Waals surface area (Å²) in [6, 6.07) is 12.4. The molecule has 0 amide bonds. The second kappa shape index (κ2) is 7.32. The summed E-state index contributed by atoms with van der Waals surface area (Å²) in [6.07, 6.45) is 1.52. The molecule has 0 unspecified atom stereocenters. The highest BCUT2D eigenvalue weighted by atomic mass is 79.9. The van der Waals surface area contributed by atoms with E-state index in [0.29, 0.717) is 15.6 Å². The minimum atomic E-state index is -0.0526. The predicted octanol–water partition coefficient (Wildman–Crippen LogP) is 6.24.